The Labute approximate surface area is 212 Å². The maximum atomic E-state index is 13.4. The number of nitro benzene ring substituents is 1. The minimum atomic E-state index is -0.493. The van der Waals surface area contributed by atoms with E-state index in [9.17, 15) is 19.7 Å². The van der Waals surface area contributed by atoms with E-state index < -0.39 is 10.8 Å². The predicted octanol–water partition coefficient (Wildman–Crippen LogP) is 5.48. The van der Waals surface area contributed by atoms with Gasteiger partial charge in [-0.2, -0.15) is 0 Å². The third-order valence-electron chi connectivity index (χ3n) is 6.61. The number of nitro groups is 1. The van der Waals surface area contributed by atoms with Crippen LogP contribution in [0.3, 0.4) is 0 Å². The fourth-order valence-corrected chi connectivity index (χ4v) is 5.77. The van der Waals surface area contributed by atoms with Crippen LogP contribution < -0.4 is 10.9 Å². The van der Waals surface area contributed by atoms with E-state index in [0.29, 0.717) is 40.7 Å². The molecular weight excluding hydrogens is 476 g/mol. The van der Waals surface area contributed by atoms with E-state index in [-0.39, 0.29) is 22.4 Å². The average molecular weight is 503 g/mol. The summed E-state index contributed by atoms with van der Waals surface area (Å²) < 4.78 is 0. The molecular formula is C27H26N4O4S. The van der Waals surface area contributed by atoms with E-state index in [4.69, 9.17) is 4.98 Å². The zero-order valence-corrected chi connectivity index (χ0v) is 21.1. The highest BCUT2D eigenvalue weighted by molar-refractivity contribution is 7.98. The van der Waals surface area contributed by atoms with Crippen LogP contribution in [0.5, 0.6) is 0 Å². The number of aromatic amines is 1. The van der Waals surface area contributed by atoms with Crippen molar-refractivity contribution in [3.05, 3.63) is 103 Å². The smallest absolute Gasteiger partial charge is 0.269 e. The van der Waals surface area contributed by atoms with Crippen LogP contribution >= 0.6 is 11.8 Å². The lowest BCUT2D eigenvalue weighted by molar-refractivity contribution is -0.384. The summed E-state index contributed by atoms with van der Waals surface area (Å²) in [5.41, 5.74) is 4.16. The minimum Gasteiger partial charge on any atom is -0.343 e. The van der Waals surface area contributed by atoms with E-state index in [1.54, 1.807) is 12.1 Å². The lowest BCUT2D eigenvalue weighted by Gasteiger charge is -2.38. The highest BCUT2D eigenvalue weighted by atomic mass is 32.2. The van der Waals surface area contributed by atoms with Crippen LogP contribution in [0.4, 0.5) is 11.5 Å². The number of nitrogens with one attached hydrogen (secondary N) is 2. The Morgan fingerprint density at radius 1 is 1.14 bits per heavy atom. The molecule has 1 aliphatic carbocycles. The van der Waals surface area contributed by atoms with E-state index >= 15 is 0 Å². The van der Waals surface area contributed by atoms with Crippen molar-refractivity contribution in [2.24, 2.45) is 5.41 Å². The third-order valence-corrected chi connectivity index (χ3v) is 7.55. The molecule has 2 aromatic carbocycles. The molecule has 9 heteroatoms. The Morgan fingerprint density at radius 2 is 1.89 bits per heavy atom. The molecule has 5 rings (SSSR count). The number of H-pyrrole nitrogens is 1. The third kappa shape index (κ3) is 4.58. The van der Waals surface area contributed by atoms with Gasteiger partial charge in [0.25, 0.3) is 11.2 Å². The van der Waals surface area contributed by atoms with E-state index in [1.807, 2.05) is 31.2 Å². The SMILES string of the molecule is Cc1ccc(C2C3=C(CC(C)(C)CC3=O)Nc3nc(SCc4cccc([N+](=O)[O-])c4)[nH]c(=O)c32)cc1. The number of nitrogens with zero attached hydrogens (tertiary/aromatic N) is 2. The van der Waals surface area contributed by atoms with Crippen molar-refractivity contribution in [1.82, 2.24) is 9.97 Å². The molecule has 2 heterocycles. The second kappa shape index (κ2) is 9.05. The molecule has 0 bridgehead atoms. The minimum absolute atomic E-state index is 0.0200. The summed E-state index contributed by atoms with van der Waals surface area (Å²) in [6.07, 6.45) is 1.11. The number of hydrogen-bond acceptors (Lipinski definition) is 7. The van der Waals surface area contributed by atoms with Crippen molar-refractivity contribution >= 4 is 29.1 Å². The first kappa shape index (κ1) is 24.0. The quantitative estimate of drug-likeness (QED) is 0.205. The molecule has 36 heavy (non-hydrogen) atoms. The highest BCUT2D eigenvalue weighted by Crippen LogP contribution is 2.47. The van der Waals surface area contributed by atoms with Gasteiger partial charge in [0.2, 0.25) is 0 Å². The van der Waals surface area contributed by atoms with Crippen molar-refractivity contribution in [3.8, 4) is 0 Å². The van der Waals surface area contributed by atoms with Crippen LogP contribution in [-0.2, 0) is 10.5 Å². The van der Waals surface area contributed by atoms with E-state index in [2.05, 4.69) is 24.1 Å². The summed E-state index contributed by atoms with van der Waals surface area (Å²) in [6.45, 7) is 6.13. The van der Waals surface area contributed by atoms with Gasteiger partial charge in [-0.1, -0.05) is 67.6 Å². The maximum Gasteiger partial charge on any atom is 0.269 e. The Kier molecular flexibility index (Phi) is 6.04. The zero-order chi connectivity index (χ0) is 25.6. The summed E-state index contributed by atoms with van der Waals surface area (Å²) in [5.74, 6) is 0.417. The van der Waals surface area contributed by atoms with Gasteiger partial charge in [0.1, 0.15) is 5.82 Å². The molecule has 0 saturated heterocycles. The number of fused-ring (bicyclic) bond motifs is 1. The standard InChI is InChI=1S/C27H26N4O4S/c1-15-7-9-17(10-8-15)21-22-19(12-27(2,3)13-20(22)32)28-24-23(21)25(33)30-26(29-24)36-14-16-5-4-6-18(11-16)31(34)35/h4-11,21H,12-14H2,1-3H3,(H2,28,29,30,33). The normalized spacial score (nSPS) is 18.3. The topological polar surface area (TPSA) is 118 Å². The van der Waals surface area contributed by atoms with Crippen LogP contribution in [-0.4, -0.2) is 20.7 Å². The number of aromatic nitrogens is 2. The Hall–Kier alpha value is -3.72. The fraction of sp³-hybridized carbons (Fsp3) is 0.296. The molecule has 0 fully saturated rings. The van der Waals surface area contributed by atoms with Gasteiger partial charge in [-0.15, -0.1) is 0 Å². The number of aryl methyl sites for hydroxylation is 1. The Bertz CT molecular complexity index is 1470. The molecule has 1 atom stereocenters. The van der Waals surface area contributed by atoms with Crippen molar-refractivity contribution in [2.75, 3.05) is 5.32 Å². The van der Waals surface area contributed by atoms with Gasteiger partial charge in [-0.05, 0) is 29.9 Å². The van der Waals surface area contributed by atoms with Gasteiger partial charge >= 0.3 is 0 Å². The van der Waals surface area contributed by atoms with Crippen molar-refractivity contribution in [2.45, 2.75) is 50.4 Å². The molecule has 1 aliphatic heterocycles. The molecule has 2 N–H and O–H groups in total. The van der Waals surface area contributed by atoms with Gasteiger partial charge in [0.15, 0.2) is 10.9 Å². The molecule has 2 aliphatic rings. The number of hydrogen-bond donors (Lipinski definition) is 2. The molecule has 8 nitrogen and oxygen atoms in total. The number of non-ortho nitro benzene ring substituents is 1. The first-order valence-corrected chi connectivity index (χ1v) is 12.7. The van der Waals surface area contributed by atoms with Gasteiger partial charge in [-0.25, -0.2) is 4.98 Å². The molecule has 0 spiro atoms. The first-order valence-electron chi connectivity index (χ1n) is 11.7. The number of allylic oxidation sites excluding steroid dienone is 2. The maximum absolute atomic E-state index is 13.4. The highest BCUT2D eigenvalue weighted by Gasteiger charge is 2.42. The predicted molar refractivity (Wildman–Crippen MR) is 139 cm³/mol. The van der Waals surface area contributed by atoms with Crippen LogP contribution in [0.1, 0.15) is 54.9 Å². The largest absolute Gasteiger partial charge is 0.343 e. The van der Waals surface area contributed by atoms with Crippen LogP contribution in [0.25, 0.3) is 0 Å². The summed E-state index contributed by atoms with van der Waals surface area (Å²) in [6, 6.07) is 14.3. The van der Waals surface area contributed by atoms with Gasteiger partial charge in [0, 0.05) is 41.5 Å². The lowest BCUT2D eigenvalue weighted by Crippen LogP contribution is -2.37. The van der Waals surface area contributed by atoms with E-state index in [0.717, 1.165) is 22.4 Å². The second-order valence-electron chi connectivity index (χ2n) is 10.2. The summed E-state index contributed by atoms with van der Waals surface area (Å²) in [7, 11) is 0. The first-order chi connectivity index (χ1) is 17.1. The second-order valence-corrected chi connectivity index (χ2v) is 11.1. The number of carbonyl (C=O) groups is 1. The number of thioether (sulfide) groups is 1. The Morgan fingerprint density at radius 3 is 2.61 bits per heavy atom. The number of anilines is 1. The summed E-state index contributed by atoms with van der Waals surface area (Å²) >= 11 is 1.30. The molecule has 184 valence electrons. The average Bonchev–Trinajstić information content (AvgIpc) is 2.81. The van der Waals surface area contributed by atoms with Crippen LogP contribution in [0, 0.1) is 22.5 Å². The van der Waals surface area contributed by atoms with E-state index in [1.165, 1.54) is 23.9 Å². The number of carbonyl (C=O) groups excluding carboxylic acids is 1. The summed E-state index contributed by atoms with van der Waals surface area (Å²) in [4.78, 5) is 45.0. The number of Topliss-reactive ketones (excluding diaryl/α,β-unsaturated/α-hetero) is 1. The van der Waals surface area contributed by atoms with Gasteiger partial charge in [-0.3, -0.25) is 19.7 Å². The number of benzene rings is 2. The number of rotatable bonds is 5. The fourth-order valence-electron chi connectivity index (χ4n) is 4.97. The summed E-state index contributed by atoms with van der Waals surface area (Å²) in [5, 5.41) is 14.8. The van der Waals surface area contributed by atoms with Crippen molar-refractivity contribution < 1.29 is 9.72 Å². The zero-order valence-electron chi connectivity index (χ0n) is 20.3. The van der Waals surface area contributed by atoms with Crippen molar-refractivity contribution in [3.63, 3.8) is 0 Å². The van der Waals surface area contributed by atoms with Gasteiger partial charge < -0.3 is 10.3 Å². The van der Waals surface area contributed by atoms with Crippen LogP contribution in [0.15, 0.2) is 69.8 Å². The monoisotopic (exact) mass is 502 g/mol. The Balaban J connectivity index is 1.54. The molecule has 0 radical (unpaired) electrons. The molecule has 0 amide bonds. The van der Waals surface area contributed by atoms with Crippen LogP contribution in [0.2, 0.25) is 0 Å². The molecule has 3 aromatic rings. The molecule has 0 saturated carbocycles. The molecule has 1 aromatic heterocycles. The van der Waals surface area contributed by atoms with Gasteiger partial charge in [0.05, 0.1) is 10.5 Å². The number of ketones is 1. The van der Waals surface area contributed by atoms with Crippen molar-refractivity contribution in [1.29, 1.82) is 0 Å². The molecule has 1 unspecified atom stereocenters. The lowest BCUT2D eigenvalue weighted by atomic mass is 9.69.